The number of benzene rings is 2. The summed E-state index contributed by atoms with van der Waals surface area (Å²) in [5, 5.41) is 3.24. The molecule has 122 valence electrons. The summed E-state index contributed by atoms with van der Waals surface area (Å²) in [6, 6.07) is 19.8. The highest BCUT2D eigenvalue weighted by Gasteiger charge is 2.05. The molecule has 0 aliphatic rings. The number of nitrogens with zero attached hydrogens (tertiary/aromatic N) is 2. The maximum atomic E-state index is 5.82. The van der Waals surface area contributed by atoms with Gasteiger partial charge in [-0.3, -0.25) is 0 Å². The number of rotatable bonds is 6. The molecule has 0 aliphatic heterocycles. The number of anilines is 2. The largest absolute Gasteiger partial charge is 0.439 e. The highest BCUT2D eigenvalue weighted by molar-refractivity contribution is 5.44. The Hall–Kier alpha value is -3.08. The number of nitrogen functional groups attached to an aromatic ring is 1. The van der Waals surface area contributed by atoms with Crippen LogP contribution in [0.3, 0.4) is 0 Å². The molecule has 1 aromatic heterocycles. The summed E-state index contributed by atoms with van der Waals surface area (Å²) in [5.74, 6) is 1.97. The molecule has 3 rings (SSSR count). The fourth-order valence-electron chi connectivity index (χ4n) is 2.32. The van der Waals surface area contributed by atoms with Crippen molar-refractivity contribution in [2.24, 2.45) is 0 Å². The van der Waals surface area contributed by atoms with Crippen molar-refractivity contribution < 1.29 is 4.74 Å². The normalized spacial score (nSPS) is 10.4. The Bertz CT molecular complexity index is 805. The minimum Gasteiger partial charge on any atom is -0.439 e. The zero-order valence-electron chi connectivity index (χ0n) is 13.6. The second-order valence-electron chi connectivity index (χ2n) is 5.39. The lowest BCUT2D eigenvalue weighted by Crippen LogP contribution is -2.05. The summed E-state index contributed by atoms with van der Waals surface area (Å²) in [6.07, 6.45) is 0.951. The first-order valence-corrected chi connectivity index (χ1v) is 7.92. The molecule has 0 unspecified atom stereocenters. The Morgan fingerprint density at radius 2 is 1.75 bits per heavy atom. The fraction of sp³-hybridized carbons (Fsp3) is 0.158. The van der Waals surface area contributed by atoms with Crippen molar-refractivity contribution in [3.63, 3.8) is 0 Å². The van der Waals surface area contributed by atoms with Gasteiger partial charge >= 0.3 is 0 Å². The van der Waals surface area contributed by atoms with E-state index in [0.29, 0.717) is 18.2 Å². The molecule has 1 heterocycles. The first kappa shape index (κ1) is 15.8. The van der Waals surface area contributed by atoms with Crippen molar-refractivity contribution >= 4 is 11.8 Å². The van der Waals surface area contributed by atoms with Crippen molar-refractivity contribution in [1.82, 2.24) is 9.97 Å². The molecule has 0 radical (unpaired) electrons. The van der Waals surface area contributed by atoms with Gasteiger partial charge in [-0.15, -0.1) is 0 Å². The van der Waals surface area contributed by atoms with Crippen LogP contribution in [0.1, 0.15) is 18.1 Å². The van der Waals surface area contributed by atoms with Crippen LogP contribution in [0.15, 0.2) is 60.7 Å². The number of aromatic nitrogens is 2. The highest BCUT2D eigenvalue weighted by atomic mass is 16.5. The van der Waals surface area contributed by atoms with Gasteiger partial charge < -0.3 is 15.8 Å². The predicted molar refractivity (Wildman–Crippen MR) is 96.1 cm³/mol. The predicted octanol–water partition coefficient (Wildman–Crippen LogP) is 4.03. The van der Waals surface area contributed by atoms with Crippen LogP contribution in [-0.2, 0) is 13.0 Å². The summed E-state index contributed by atoms with van der Waals surface area (Å²) in [5.41, 5.74) is 8.16. The van der Waals surface area contributed by atoms with E-state index in [-0.39, 0.29) is 5.95 Å². The third-order valence-electron chi connectivity index (χ3n) is 3.57. The van der Waals surface area contributed by atoms with Crippen LogP contribution in [0.5, 0.6) is 11.6 Å². The number of ether oxygens (including phenoxy) is 1. The first-order valence-electron chi connectivity index (χ1n) is 7.92. The number of nitrogens with two attached hydrogens (primary N) is 1. The number of nitrogens with one attached hydrogen (secondary N) is 1. The summed E-state index contributed by atoms with van der Waals surface area (Å²) in [7, 11) is 0. The smallest absolute Gasteiger partial charge is 0.226 e. The van der Waals surface area contributed by atoms with E-state index in [1.54, 1.807) is 6.07 Å². The maximum Gasteiger partial charge on any atom is 0.226 e. The summed E-state index contributed by atoms with van der Waals surface area (Å²) < 4.78 is 5.82. The van der Waals surface area contributed by atoms with Gasteiger partial charge in [0.2, 0.25) is 11.8 Å². The van der Waals surface area contributed by atoms with Crippen molar-refractivity contribution in [1.29, 1.82) is 0 Å². The summed E-state index contributed by atoms with van der Waals surface area (Å²) in [6.45, 7) is 2.76. The fourth-order valence-corrected chi connectivity index (χ4v) is 2.32. The van der Waals surface area contributed by atoms with Gasteiger partial charge in [-0.2, -0.15) is 9.97 Å². The summed E-state index contributed by atoms with van der Waals surface area (Å²) in [4.78, 5) is 8.34. The lowest BCUT2D eigenvalue weighted by molar-refractivity contribution is 0.462. The molecule has 0 bridgehead atoms. The van der Waals surface area contributed by atoms with Gasteiger partial charge in [0, 0.05) is 12.6 Å². The lowest BCUT2D eigenvalue weighted by atomic mass is 10.2. The van der Waals surface area contributed by atoms with E-state index in [1.165, 1.54) is 5.56 Å². The third-order valence-corrected chi connectivity index (χ3v) is 3.57. The second kappa shape index (κ2) is 7.46. The van der Waals surface area contributed by atoms with Crippen LogP contribution in [0.2, 0.25) is 0 Å². The Morgan fingerprint density at radius 3 is 2.54 bits per heavy atom. The van der Waals surface area contributed by atoms with E-state index in [4.69, 9.17) is 10.5 Å². The van der Waals surface area contributed by atoms with E-state index in [0.717, 1.165) is 17.7 Å². The Kier molecular flexibility index (Phi) is 4.91. The van der Waals surface area contributed by atoms with Crippen LogP contribution >= 0.6 is 0 Å². The van der Waals surface area contributed by atoms with E-state index in [2.05, 4.69) is 28.3 Å². The minimum absolute atomic E-state index is 0.176. The quantitative estimate of drug-likeness (QED) is 0.717. The average molecular weight is 320 g/mol. The number of hydrogen-bond donors (Lipinski definition) is 2. The molecule has 2 aromatic carbocycles. The van der Waals surface area contributed by atoms with Crippen LogP contribution in [0.25, 0.3) is 0 Å². The van der Waals surface area contributed by atoms with Gasteiger partial charge in [-0.1, -0.05) is 49.4 Å². The maximum absolute atomic E-state index is 5.82. The zero-order chi connectivity index (χ0) is 16.8. The Balaban J connectivity index is 1.73. The zero-order valence-corrected chi connectivity index (χ0v) is 13.6. The van der Waals surface area contributed by atoms with Gasteiger partial charge in [0.1, 0.15) is 11.6 Å². The molecular weight excluding hydrogens is 300 g/mol. The standard InChI is InChI=1S/C19H20N4O/c1-2-14-9-6-10-16(11-14)24-18-12-17(22-19(20)23-18)21-13-15-7-4-3-5-8-15/h3-12H,2,13H2,1H3,(H3,20,21,22,23). The molecule has 0 aliphatic carbocycles. The number of aryl methyl sites for hydroxylation is 1. The lowest BCUT2D eigenvalue weighted by Gasteiger charge is -2.10. The van der Waals surface area contributed by atoms with Crippen LogP contribution in [0.4, 0.5) is 11.8 Å². The molecule has 0 atom stereocenters. The van der Waals surface area contributed by atoms with E-state index in [9.17, 15) is 0 Å². The summed E-state index contributed by atoms with van der Waals surface area (Å²) >= 11 is 0. The van der Waals surface area contributed by atoms with Gasteiger partial charge in [0.15, 0.2) is 0 Å². The van der Waals surface area contributed by atoms with Crippen LogP contribution < -0.4 is 15.8 Å². The molecule has 0 saturated heterocycles. The van der Waals surface area contributed by atoms with E-state index in [1.807, 2.05) is 48.5 Å². The molecule has 24 heavy (non-hydrogen) atoms. The molecule has 0 amide bonds. The minimum atomic E-state index is 0.176. The molecule has 0 spiro atoms. The molecule has 0 saturated carbocycles. The molecule has 3 N–H and O–H groups in total. The molecule has 5 nitrogen and oxygen atoms in total. The van der Waals surface area contributed by atoms with E-state index < -0.39 is 0 Å². The third kappa shape index (κ3) is 4.23. The van der Waals surface area contributed by atoms with Gasteiger partial charge in [-0.25, -0.2) is 0 Å². The van der Waals surface area contributed by atoms with Crippen molar-refractivity contribution in [3.05, 3.63) is 71.8 Å². The van der Waals surface area contributed by atoms with Gasteiger partial charge in [-0.05, 0) is 29.7 Å². The van der Waals surface area contributed by atoms with E-state index >= 15 is 0 Å². The van der Waals surface area contributed by atoms with Crippen molar-refractivity contribution in [2.75, 3.05) is 11.1 Å². The van der Waals surface area contributed by atoms with Gasteiger partial charge in [0.05, 0.1) is 0 Å². The van der Waals surface area contributed by atoms with Crippen molar-refractivity contribution in [2.45, 2.75) is 19.9 Å². The Morgan fingerprint density at radius 1 is 0.958 bits per heavy atom. The first-order chi connectivity index (χ1) is 11.7. The van der Waals surface area contributed by atoms with Crippen molar-refractivity contribution in [3.8, 4) is 11.6 Å². The molecule has 0 fully saturated rings. The van der Waals surface area contributed by atoms with Gasteiger partial charge in [0.25, 0.3) is 0 Å². The monoisotopic (exact) mass is 320 g/mol. The van der Waals surface area contributed by atoms with Crippen LogP contribution in [-0.4, -0.2) is 9.97 Å². The molecule has 5 heteroatoms. The Labute approximate surface area is 141 Å². The SMILES string of the molecule is CCc1cccc(Oc2cc(NCc3ccccc3)nc(N)n2)c1. The molecular formula is C19H20N4O. The molecule has 3 aromatic rings. The average Bonchev–Trinajstić information content (AvgIpc) is 2.60. The topological polar surface area (TPSA) is 73.1 Å². The van der Waals surface area contributed by atoms with Crippen LogP contribution in [0, 0.1) is 0 Å². The second-order valence-corrected chi connectivity index (χ2v) is 5.39. The number of hydrogen-bond acceptors (Lipinski definition) is 5. The highest BCUT2D eigenvalue weighted by Crippen LogP contribution is 2.23.